The van der Waals surface area contributed by atoms with Crippen LogP contribution in [-0.2, 0) is 24.8 Å². The summed E-state index contributed by atoms with van der Waals surface area (Å²) in [6, 6.07) is 21.7. The Labute approximate surface area is 232 Å². The highest BCUT2D eigenvalue weighted by atomic mass is 32.2. The molecule has 1 aliphatic rings. The van der Waals surface area contributed by atoms with E-state index >= 15 is 0 Å². The van der Waals surface area contributed by atoms with Crippen LogP contribution in [0.1, 0.15) is 11.4 Å². The Bertz CT molecular complexity index is 1760. The van der Waals surface area contributed by atoms with Crippen LogP contribution >= 0.6 is 0 Å². The van der Waals surface area contributed by atoms with Crippen LogP contribution in [-0.4, -0.2) is 45.4 Å². The lowest BCUT2D eigenvalue weighted by Gasteiger charge is -2.34. The molecule has 0 radical (unpaired) electrons. The third-order valence-electron chi connectivity index (χ3n) is 6.00. The quantitative estimate of drug-likeness (QED) is 0.338. The molecule has 0 saturated heterocycles. The van der Waals surface area contributed by atoms with Crippen molar-refractivity contribution in [2.24, 2.45) is 0 Å². The molecule has 2 N–H and O–H groups in total. The average Bonchev–Trinajstić information content (AvgIpc) is 2.92. The molecule has 40 heavy (non-hydrogen) atoms. The Hall–Kier alpha value is -4.49. The maximum atomic E-state index is 13.4. The average molecular weight is 580 g/mol. The summed E-state index contributed by atoms with van der Waals surface area (Å²) in [6.07, 6.45) is -1.17. The molecule has 0 spiro atoms. The van der Waals surface area contributed by atoms with E-state index in [0.717, 1.165) is 4.31 Å². The van der Waals surface area contributed by atoms with Crippen LogP contribution < -0.4 is 19.1 Å². The fraction of sp³-hybridized carbons (Fsp3) is 0.148. The molecule has 1 unspecified atom stereocenters. The van der Waals surface area contributed by atoms with Crippen LogP contribution in [0.4, 0.5) is 17.3 Å². The fourth-order valence-corrected chi connectivity index (χ4v) is 6.62. The summed E-state index contributed by atoms with van der Waals surface area (Å²) in [4.78, 5) is 21.4. The third kappa shape index (κ3) is 5.60. The first-order valence-electron chi connectivity index (χ1n) is 12.1. The van der Waals surface area contributed by atoms with Gasteiger partial charge in [0, 0.05) is 17.1 Å². The number of hydrogen-bond donors (Lipinski definition) is 2. The Morgan fingerprint density at radius 3 is 2.15 bits per heavy atom. The van der Waals surface area contributed by atoms with Crippen molar-refractivity contribution in [3.8, 4) is 5.75 Å². The molecule has 1 aromatic heterocycles. The van der Waals surface area contributed by atoms with E-state index in [0.29, 0.717) is 22.8 Å². The highest BCUT2D eigenvalue weighted by molar-refractivity contribution is 7.93. The van der Waals surface area contributed by atoms with Gasteiger partial charge in [0.15, 0.2) is 6.10 Å². The van der Waals surface area contributed by atoms with Crippen LogP contribution in [0.25, 0.3) is 0 Å². The minimum Gasteiger partial charge on any atom is -0.476 e. The molecule has 1 atom stereocenters. The summed E-state index contributed by atoms with van der Waals surface area (Å²) in [5.74, 6) is -0.394. The van der Waals surface area contributed by atoms with Gasteiger partial charge in [-0.05, 0) is 68.4 Å². The van der Waals surface area contributed by atoms with Crippen LogP contribution in [0, 0.1) is 13.8 Å². The molecule has 0 aliphatic carbocycles. The van der Waals surface area contributed by atoms with Gasteiger partial charge in [-0.1, -0.05) is 30.3 Å². The first-order chi connectivity index (χ1) is 19.0. The minimum atomic E-state index is -3.98. The van der Waals surface area contributed by atoms with Crippen molar-refractivity contribution in [2.45, 2.75) is 29.7 Å². The zero-order valence-corrected chi connectivity index (χ0v) is 23.1. The van der Waals surface area contributed by atoms with Crippen LogP contribution in [0.5, 0.6) is 5.75 Å². The maximum absolute atomic E-state index is 13.4. The molecule has 3 aromatic carbocycles. The Balaban J connectivity index is 1.33. The summed E-state index contributed by atoms with van der Waals surface area (Å²) < 4.78 is 61.9. The highest BCUT2D eigenvalue weighted by Gasteiger charge is 2.37. The van der Waals surface area contributed by atoms with Gasteiger partial charge in [-0.2, -0.15) is 0 Å². The van der Waals surface area contributed by atoms with Gasteiger partial charge in [-0.15, -0.1) is 0 Å². The number of amides is 1. The lowest BCUT2D eigenvalue weighted by Crippen LogP contribution is -2.48. The van der Waals surface area contributed by atoms with Crippen molar-refractivity contribution in [1.82, 2.24) is 9.97 Å². The summed E-state index contributed by atoms with van der Waals surface area (Å²) in [5.41, 5.74) is 1.86. The van der Waals surface area contributed by atoms with Crippen molar-refractivity contribution < 1.29 is 26.4 Å². The van der Waals surface area contributed by atoms with Gasteiger partial charge in [0.2, 0.25) is 5.95 Å². The molecule has 11 nitrogen and oxygen atoms in total. The number of hydrogen-bond acceptors (Lipinski definition) is 8. The number of nitrogens with one attached hydrogen (secondary N) is 2. The standard InChI is InChI=1S/C27H25N5O6S2/c1-18-16-19(2)29-27(28-18)31-39(34,35)21-14-12-20(13-15-21)30-26(33)25-17-32(23-10-6-7-11-24(23)38-25)40(36,37)22-8-4-3-5-9-22/h3-16,25H,17H2,1-2H3,(H,30,33)(H,28,29,31). The summed E-state index contributed by atoms with van der Waals surface area (Å²) >= 11 is 0. The third-order valence-corrected chi connectivity index (χ3v) is 9.14. The van der Waals surface area contributed by atoms with Crippen LogP contribution in [0.15, 0.2) is 94.7 Å². The number of carbonyl (C=O) groups is 1. The van der Waals surface area contributed by atoms with Gasteiger partial charge >= 0.3 is 0 Å². The van der Waals surface area contributed by atoms with Crippen molar-refractivity contribution in [3.63, 3.8) is 0 Å². The Kier molecular flexibility index (Phi) is 7.17. The number of fused-ring (bicyclic) bond motifs is 1. The zero-order valence-electron chi connectivity index (χ0n) is 21.5. The van der Waals surface area contributed by atoms with E-state index in [9.17, 15) is 21.6 Å². The number of aromatic nitrogens is 2. The van der Waals surface area contributed by atoms with Gasteiger partial charge in [0.25, 0.3) is 26.0 Å². The molecule has 13 heteroatoms. The number of anilines is 3. The number of benzene rings is 3. The molecule has 4 aromatic rings. The molecule has 2 heterocycles. The smallest absolute Gasteiger partial charge is 0.267 e. The largest absolute Gasteiger partial charge is 0.476 e. The lowest BCUT2D eigenvalue weighted by atomic mass is 10.2. The van der Waals surface area contributed by atoms with Crippen molar-refractivity contribution in [2.75, 3.05) is 20.9 Å². The first-order valence-corrected chi connectivity index (χ1v) is 15.0. The Morgan fingerprint density at radius 2 is 1.48 bits per heavy atom. The van der Waals surface area contributed by atoms with E-state index < -0.39 is 32.1 Å². The van der Waals surface area contributed by atoms with E-state index in [1.165, 1.54) is 36.4 Å². The number of rotatable bonds is 7. The van der Waals surface area contributed by atoms with E-state index in [-0.39, 0.29) is 28.0 Å². The predicted molar refractivity (Wildman–Crippen MR) is 149 cm³/mol. The van der Waals surface area contributed by atoms with Gasteiger partial charge in [-0.3, -0.25) is 9.10 Å². The SMILES string of the molecule is Cc1cc(C)nc(NS(=O)(=O)c2ccc(NC(=O)C3CN(S(=O)(=O)c4ccccc4)c4ccccc4O3)cc2)n1. The monoisotopic (exact) mass is 579 g/mol. The highest BCUT2D eigenvalue weighted by Crippen LogP contribution is 2.37. The number of para-hydroxylation sites is 2. The molecule has 0 fully saturated rings. The predicted octanol–water partition coefficient (Wildman–Crippen LogP) is 3.49. The number of carbonyl (C=O) groups excluding carboxylic acids is 1. The molecule has 0 saturated carbocycles. The molecule has 0 bridgehead atoms. The molecule has 206 valence electrons. The van der Waals surface area contributed by atoms with Crippen LogP contribution in [0.3, 0.4) is 0 Å². The lowest BCUT2D eigenvalue weighted by molar-refractivity contribution is -0.122. The first kappa shape index (κ1) is 27.1. The summed E-state index contributed by atoms with van der Waals surface area (Å²) in [7, 11) is -7.96. The second-order valence-corrected chi connectivity index (χ2v) is 12.6. The second kappa shape index (κ2) is 10.6. The number of aryl methyl sites for hydroxylation is 2. The molecular formula is C27H25N5O6S2. The van der Waals surface area contributed by atoms with E-state index in [2.05, 4.69) is 20.0 Å². The molecule has 1 amide bonds. The second-order valence-electron chi connectivity index (χ2n) is 9.02. The van der Waals surface area contributed by atoms with E-state index in [1.54, 1.807) is 62.4 Å². The van der Waals surface area contributed by atoms with Gasteiger partial charge in [0.1, 0.15) is 5.75 Å². The minimum absolute atomic E-state index is 0.0420. The van der Waals surface area contributed by atoms with Gasteiger partial charge in [0.05, 0.1) is 22.0 Å². The topological polar surface area (TPSA) is 148 Å². The molecule has 1 aliphatic heterocycles. The fourth-order valence-electron chi connectivity index (χ4n) is 4.18. The normalized spacial score (nSPS) is 15.1. The number of nitrogens with zero attached hydrogens (tertiary/aromatic N) is 3. The zero-order chi connectivity index (χ0) is 28.5. The molecular weight excluding hydrogens is 554 g/mol. The van der Waals surface area contributed by atoms with E-state index in [1.807, 2.05) is 0 Å². The van der Waals surface area contributed by atoms with Crippen LogP contribution in [0.2, 0.25) is 0 Å². The summed E-state index contributed by atoms with van der Waals surface area (Å²) in [5, 5.41) is 2.67. The van der Waals surface area contributed by atoms with E-state index in [4.69, 9.17) is 4.74 Å². The van der Waals surface area contributed by atoms with Gasteiger partial charge < -0.3 is 10.1 Å². The van der Waals surface area contributed by atoms with Crippen molar-refractivity contribution in [1.29, 1.82) is 0 Å². The van der Waals surface area contributed by atoms with Gasteiger partial charge in [-0.25, -0.2) is 31.5 Å². The number of sulfonamides is 2. The maximum Gasteiger partial charge on any atom is 0.267 e. The van der Waals surface area contributed by atoms with Crippen molar-refractivity contribution in [3.05, 3.63) is 96.3 Å². The molecule has 5 rings (SSSR count). The number of ether oxygens (including phenoxy) is 1. The summed E-state index contributed by atoms with van der Waals surface area (Å²) in [6.45, 7) is 3.20. The van der Waals surface area contributed by atoms with Crippen molar-refractivity contribution >= 4 is 43.3 Å². The Morgan fingerprint density at radius 1 is 0.850 bits per heavy atom.